The molecule has 1 aromatic rings. The molecule has 0 amide bonds. The molecule has 3 nitrogen and oxygen atoms in total. The smallest absolute Gasteiger partial charge is 0.363 e. The Morgan fingerprint density at radius 2 is 1.94 bits per heavy atom. The number of esters is 1. The predicted molar refractivity (Wildman–Crippen MR) is 60.2 cm³/mol. The molecule has 0 aliphatic heterocycles. The van der Waals surface area contributed by atoms with Crippen LogP contribution in [0.1, 0.15) is 17.3 Å². The molecule has 0 saturated heterocycles. The second-order valence-electron chi connectivity index (χ2n) is 2.99. The van der Waals surface area contributed by atoms with Gasteiger partial charge in [-0.25, -0.2) is 9.18 Å². The van der Waals surface area contributed by atoms with E-state index in [1.165, 1.54) is 19.1 Å². The first-order chi connectivity index (χ1) is 7.50. The normalized spacial score (nSPS) is 13.9. The van der Waals surface area contributed by atoms with E-state index in [4.69, 9.17) is 0 Å². The van der Waals surface area contributed by atoms with E-state index in [0.29, 0.717) is 0 Å². The summed E-state index contributed by atoms with van der Waals surface area (Å²) in [5.74, 6) is -2.20. The Kier molecular flexibility index (Phi) is 4.18. The number of Topliss-reactive ketones (excluding diaryl/α,β-unsaturated/α-hetero) is 1. The van der Waals surface area contributed by atoms with Crippen molar-refractivity contribution in [3.05, 3.63) is 35.9 Å². The number of ketones is 1. The van der Waals surface area contributed by atoms with Gasteiger partial charge in [-0.2, -0.15) is 0 Å². The van der Waals surface area contributed by atoms with Gasteiger partial charge in [-0.05, 0) is 22.9 Å². The van der Waals surface area contributed by atoms with E-state index >= 15 is 0 Å². The van der Waals surface area contributed by atoms with Crippen LogP contribution in [-0.2, 0) is 9.53 Å². The van der Waals surface area contributed by atoms with Gasteiger partial charge in [0.25, 0.3) is 0 Å². The molecule has 0 aliphatic carbocycles. The minimum Gasteiger partial charge on any atom is -0.463 e. The van der Waals surface area contributed by atoms with E-state index in [2.05, 4.69) is 20.7 Å². The van der Waals surface area contributed by atoms with E-state index in [1.807, 2.05) is 0 Å². The fourth-order valence-corrected chi connectivity index (χ4v) is 1.43. The van der Waals surface area contributed by atoms with Crippen molar-refractivity contribution in [3.63, 3.8) is 0 Å². The number of benzene rings is 1. The van der Waals surface area contributed by atoms with Crippen molar-refractivity contribution >= 4 is 27.7 Å². The highest BCUT2D eigenvalue weighted by Gasteiger charge is 2.45. The van der Waals surface area contributed by atoms with Crippen LogP contribution in [0.4, 0.5) is 4.39 Å². The third-order valence-electron chi connectivity index (χ3n) is 1.85. The van der Waals surface area contributed by atoms with Crippen LogP contribution in [0.3, 0.4) is 0 Å². The molecule has 0 bridgehead atoms. The van der Waals surface area contributed by atoms with E-state index in [-0.39, 0.29) is 12.2 Å². The third-order valence-corrected chi connectivity index (χ3v) is 2.54. The van der Waals surface area contributed by atoms with Crippen LogP contribution in [0, 0.1) is 0 Å². The molecule has 1 rings (SSSR count). The lowest BCUT2D eigenvalue weighted by atomic mass is 10.1. The van der Waals surface area contributed by atoms with Crippen molar-refractivity contribution < 1.29 is 18.7 Å². The van der Waals surface area contributed by atoms with E-state index in [0.717, 1.165) is 0 Å². The minimum atomic E-state index is -2.82. The Balaban J connectivity index is 2.92. The molecule has 5 heteroatoms. The summed E-state index contributed by atoms with van der Waals surface area (Å²) in [6.07, 6.45) is 0. The maximum atomic E-state index is 13.8. The first kappa shape index (κ1) is 12.8. The Hall–Kier alpha value is -1.23. The molecule has 0 radical (unpaired) electrons. The van der Waals surface area contributed by atoms with Crippen LogP contribution in [0.2, 0.25) is 0 Å². The summed E-state index contributed by atoms with van der Waals surface area (Å²) < 4.78 is 15.5. The molecule has 0 fully saturated rings. The second-order valence-corrected chi connectivity index (χ2v) is 4.08. The summed E-state index contributed by atoms with van der Waals surface area (Å²) in [4.78, 5) is 22.9. The van der Waals surface area contributed by atoms with Crippen LogP contribution in [0.5, 0.6) is 0 Å². The van der Waals surface area contributed by atoms with E-state index in [1.54, 1.807) is 18.2 Å². The SMILES string of the molecule is CCOC(=O)[C@@](F)(Br)C(=O)c1ccccc1. The number of alkyl halides is 2. The van der Waals surface area contributed by atoms with Crippen LogP contribution in [0.25, 0.3) is 0 Å². The number of carbonyl (C=O) groups excluding carboxylic acids is 2. The van der Waals surface area contributed by atoms with E-state index < -0.39 is 16.3 Å². The molecule has 0 heterocycles. The second kappa shape index (κ2) is 5.21. The number of halogens is 2. The molecular formula is C11H10BrFO3. The van der Waals surface area contributed by atoms with Crippen molar-refractivity contribution in [2.45, 2.75) is 11.5 Å². The van der Waals surface area contributed by atoms with Gasteiger partial charge in [-0.1, -0.05) is 30.3 Å². The highest BCUT2D eigenvalue weighted by molar-refractivity contribution is 9.10. The molecule has 0 N–H and O–H groups in total. The summed E-state index contributed by atoms with van der Waals surface area (Å²) >= 11 is 2.46. The lowest BCUT2D eigenvalue weighted by Crippen LogP contribution is -2.37. The molecule has 0 unspecified atom stereocenters. The summed E-state index contributed by atoms with van der Waals surface area (Å²) in [7, 11) is 0. The van der Waals surface area contributed by atoms with Crippen molar-refractivity contribution in [1.82, 2.24) is 0 Å². The topological polar surface area (TPSA) is 43.4 Å². The quantitative estimate of drug-likeness (QED) is 0.370. The van der Waals surface area contributed by atoms with Gasteiger partial charge in [0.05, 0.1) is 6.61 Å². The largest absolute Gasteiger partial charge is 0.463 e. The van der Waals surface area contributed by atoms with Crippen molar-refractivity contribution in [3.8, 4) is 0 Å². The Morgan fingerprint density at radius 3 is 2.44 bits per heavy atom. The fourth-order valence-electron chi connectivity index (χ4n) is 1.09. The van der Waals surface area contributed by atoms with Gasteiger partial charge < -0.3 is 4.74 Å². The van der Waals surface area contributed by atoms with E-state index in [9.17, 15) is 14.0 Å². The number of carbonyl (C=O) groups is 2. The van der Waals surface area contributed by atoms with Crippen molar-refractivity contribution in [2.75, 3.05) is 6.61 Å². The molecule has 0 saturated carbocycles. The maximum absolute atomic E-state index is 13.8. The van der Waals surface area contributed by atoms with Crippen LogP contribution >= 0.6 is 15.9 Å². The number of rotatable bonds is 4. The lowest BCUT2D eigenvalue weighted by molar-refractivity contribution is -0.148. The van der Waals surface area contributed by atoms with Crippen LogP contribution in [-0.4, -0.2) is 22.9 Å². The standard InChI is InChI=1S/C11H10BrFO3/c1-2-16-10(15)11(12,13)9(14)8-6-4-3-5-7-8/h3-7H,2H2,1H3/t11-/m1/s1. The van der Waals surface area contributed by atoms with Crippen molar-refractivity contribution in [1.29, 1.82) is 0 Å². The number of hydrogen-bond acceptors (Lipinski definition) is 3. The monoisotopic (exact) mass is 288 g/mol. The molecule has 0 aromatic heterocycles. The summed E-state index contributed by atoms with van der Waals surface area (Å²) in [6.45, 7) is 1.55. The molecular weight excluding hydrogens is 279 g/mol. The average molecular weight is 289 g/mol. The van der Waals surface area contributed by atoms with Gasteiger partial charge in [-0.15, -0.1) is 0 Å². The zero-order valence-corrected chi connectivity index (χ0v) is 10.2. The summed E-state index contributed by atoms with van der Waals surface area (Å²) in [5.41, 5.74) is 0.106. The number of hydrogen-bond donors (Lipinski definition) is 0. The number of ether oxygens (including phenoxy) is 1. The van der Waals surface area contributed by atoms with Crippen LogP contribution in [0.15, 0.2) is 30.3 Å². The molecule has 86 valence electrons. The van der Waals surface area contributed by atoms with Gasteiger partial charge >= 0.3 is 10.5 Å². The Bertz CT molecular complexity index is 389. The van der Waals surface area contributed by atoms with Gasteiger partial charge in [0, 0.05) is 5.56 Å². The maximum Gasteiger partial charge on any atom is 0.363 e. The zero-order chi connectivity index (χ0) is 12.2. The van der Waals surface area contributed by atoms with Gasteiger partial charge in [0.2, 0.25) is 5.78 Å². The predicted octanol–water partition coefficient (Wildman–Crippen LogP) is 2.49. The first-order valence-corrected chi connectivity index (χ1v) is 5.44. The molecule has 0 aliphatic rings. The zero-order valence-electron chi connectivity index (χ0n) is 8.57. The first-order valence-electron chi connectivity index (χ1n) is 4.65. The van der Waals surface area contributed by atoms with Gasteiger partial charge in [-0.3, -0.25) is 4.79 Å². The Morgan fingerprint density at radius 1 is 1.38 bits per heavy atom. The van der Waals surface area contributed by atoms with Crippen molar-refractivity contribution in [2.24, 2.45) is 0 Å². The molecule has 1 aromatic carbocycles. The Labute approximate surface area is 101 Å². The summed E-state index contributed by atoms with van der Waals surface area (Å²) in [5, 5.41) is 0. The fraction of sp³-hybridized carbons (Fsp3) is 0.273. The minimum absolute atomic E-state index is 0.0121. The molecule has 16 heavy (non-hydrogen) atoms. The van der Waals surface area contributed by atoms with Crippen LogP contribution < -0.4 is 0 Å². The average Bonchev–Trinajstić information content (AvgIpc) is 2.29. The summed E-state index contributed by atoms with van der Waals surface area (Å²) in [6, 6.07) is 7.71. The molecule has 1 atom stereocenters. The van der Waals surface area contributed by atoms with Gasteiger partial charge in [0.15, 0.2) is 0 Å². The highest BCUT2D eigenvalue weighted by Crippen LogP contribution is 2.27. The van der Waals surface area contributed by atoms with Gasteiger partial charge in [0.1, 0.15) is 0 Å². The highest BCUT2D eigenvalue weighted by atomic mass is 79.9. The lowest BCUT2D eigenvalue weighted by Gasteiger charge is -2.14. The molecule has 0 spiro atoms. The third kappa shape index (κ3) is 2.66.